The van der Waals surface area contributed by atoms with Crippen LogP contribution in [0.3, 0.4) is 0 Å². The summed E-state index contributed by atoms with van der Waals surface area (Å²) in [5.41, 5.74) is 1.86. The Morgan fingerprint density at radius 3 is 2.48 bits per heavy atom. The van der Waals surface area contributed by atoms with Crippen molar-refractivity contribution >= 4 is 17.5 Å². The molecular formula is C16H20ClN3O. The van der Waals surface area contributed by atoms with Gasteiger partial charge in [-0.05, 0) is 33.3 Å². The predicted molar refractivity (Wildman–Crippen MR) is 84.7 cm³/mol. The topological polar surface area (TPSA) is 46.9 Å². The van der Waals surface area contributed by atoms with E-state index in [9.17, 15) is 4.79 Å². The molecule has 0 fully saturated rings. The molecule has 0 aliphatic heterocycles. The minimum atomic E-state index is -0.311. The SMILES string of the molecule is Cc1nn(Cc2ccccc2)c(Cl)c1C(=O)NC(C)(C)C. The summed E-state index contributed by atoms with van der Waals surface area (Å²) in [6, 6.07) is 9.89. The number of hydrogen-bond acceptors (Lipinski definition) is 2. The molecule has 1 aromatic heterocycles. The van der Waals surface area contributed by atoms with Crippen molar-refractivity contribution in [2.75, 3.05) is 0 Å². The smallest absolute Gasteiger partial charge is 0.256 e. The maximum atomic E-state index is 12.3. The first kappa shape index (κ1) is 15.6. The van der Waals surface area contributed by atoms with E-state index in [0.29, 0.717) is 23.0 Å². The lowest BCUT2D eigenvalue weighted by atomic mass is 10.1. The highest BCUT2D eigenvalue weighted by Crippen LogP contribution is 2.21. The molecule has 0 spiro atoms. The van der Waals surface area contributed by atoms with Gasteiger partial charge in [0.2, 0.25) is 0 Å². The van der Waals surface area contributed by atoms with Crippen LogP contribution < -0.4 is 5.32 Å². The van der Waals surface area contributed by atoms with Crippen LogP contribution in [0, 0.1) is 6.92 Å². The number of amides is 1. The van der Waals surface area contributed by atoms with Gasteiger partial charge >= 0.3 is 0 Å². The highest BCUT2D eigenvalue weighted by molar-refractivity contribution is 6.33. The summed E-state index contributed by atoms with van der Waals surface area (Å²) < 4.78 is 1.66. The molecule has 0 unspecified atom stereocenters. The third-order valence-electron chi connectivity index (χ3n) is 2.96. The number of hydrogen-bond donors (Lipinski definition) is 1. The lowest BCUT2D eigenvalue weighted by Crippen LogP contribution is -2.40. The zero-order valence-electron chi connectivity index (χ0n) is 12.8. The minimum Gasteiger partial charge on any atom is -0.347 e. The molecule has 0 radical (unpaired) electrons. The molecule has 0 aliphatic carbocycles. The average molecular weight is 306 g/mol. The maximum absolute atomic E-state index is 12.3. The lowest BCUT2D eigenvalue weighted by molar-refractivity contribution is 0.0919. The van der Waals surface area contributed by atoms with Crippen molar-refractivity contribution in [1.82, 2.24) is 15.1 Å². The lowest BCUT2D eigenvalue weighted by Gasteiger charge is -2.20. The number of aromatic nitrogens is 2. The number of nitrogens with one attached hydrogen (secondary N) is 1. The van der Waals surface area contributed by atoms with Gasteiger partial charge in [0.25, 0.3) is 5.91 Å². The maximum Gasteiger partial charge on any atom is 0.256 e. The molecule has 2 rings (SSSR count). The normalized spacial score (nSPS) is 11.5. The van der Waals surface area contributed by atoms with Crippen LogP contribution >= 0.6 is 11.6 Å². The molecule has 0 saturated carbocycles. The van der Waals surface area contributed by atoms with Gasteiger partial charge in [-0.15, -0.1) is 0 Å². The summed E-state index contributed by atoms with van der Waals surface area (Å²) in [5, 5.41) is 7.67. The van der Waals surface area contributed by atoms with Crippen LogP contribution in [0.4, 0.5) is 0 Å². The molecule has 4 nitrogen and oxygen atoms in total. The average Bonchev–Trinajstić information content (AvgIpc) is 2.63. The van der Waals surface area contributed by atoms with Gasteiger partial charge in [-0.2, -0.15) is 5.10 Å². The molecule has 0 bridgehead atoms. The van der Waals surface area contributed by atoms with E-state index in [1.807, 2.05) is 51.1 Å². The van der Waals surface area contributed by atoms with E-state index in [0.717, 1.165) is 5.56 Å². The molecule has 21 heavy (non-hydrogen) atoms. The van der Waals surface area contributed by atoms with Gasteiger partial charge in [-0.3, -0.25) is 4.79 Å². The molecule has 2 aromatic rings. The molecule has 0 atom stereocenters. The Morgan fingerprint density at radius 2 is 1.90 bits per heavy atom. The number of carbonyl (C=O) groups excluding carboxylic acids is 1. The molecule has 1 amide bonds. The Kier molecular flexibility index (Phi) is 4.37. The van der Waals surface area contributed by atoms with Crippen LogP contribution in [0.1, 0.15) is 42.4 Å². The molecule has 0 saturated heterocycles. The van der Waals surface area contributed by atoms with Gasteiger partial charge in [0.1, 0.15) is 5.15 Å². The Bertz CT molecular complexity index is 642. The standard InChI is InChI=1S/C16H20ClN3O/c1-11-13(15(21)18-16(2,3)4)14(17)20(19-11)10-12-8-6-5-7-9-12/h5-9H,10H2,1-4H3,(H,18,21). The van der Waals surface area contributed by atoms with E-state index in [4.69, 9.17) is 11.6 Å². The first-order valence-corrected chi connectivity index (χ1v) is 7.25. The van der Waals surface area contributed by atoms with E-state index in [-0.39, 0.29) is 11.4 Å². The molecular weight excluding hydrogens is 286 g/mol. The highest BCUT2D eigenvalue weighted by atomic mass is 35.5. The van der Waals surface area contributed by atoms with E-state index in [2.05, 4.69) is 10.4 Å². The minimum absolute atomic E-state index is 0.190. The quantitative estimate of drug-likeness (QED) is 0.944. The van der Waals surface area contributed by atoms with Crippen LogP contribution in [0.2, 0.25) is 5.15 Å². The van der Waals surface area contributed by atoms with Crippen molar-refractivity contribution < 1.29 is 4.79 Å². The fraction of sp³-hybridized carbons (Fsp3) is 0.375. The van der Waals surface area contributed by atoms with E-state index >= 15 is 0 Å². The number of aryl methyl sites for hydroxylation is 1. The Hall–Kier alpha value is -1.81. The third kappa shape index (κ3) is 3.85. The molecule has 1 heterocycles. The number of benzene rings is 1. The van der Waals surface area contributed by atoms with E-state index in [1.54, 1.807) is 11.6 Å². The summed E-state index contributed by atoms with van der Waals surface area (Å²) in [6.45, 7) is 8.14. The number of rotatable bonds is 3. The van der Waals surface area contributed by atoms with Crippen molar-refractivity contribution in [2.45, 2.75) is 39.8 Å². The van der Waals surface area contributed by atoms with Crippen molar-refractivity contribution in [2.24, 2.45) is 0 Å². The van der Waals surface area contributed by atoms with Gasteiger partial charge in [0, 0.05) is 5.54 Å². The number of halogens is 1. The fourth-order valence-corrected chi connectivity index (χ4v) is 2.40. The first-order chi connectivity index (χ1) is 9.78. The summed E-state index contributed by atoms with van der Waals surface area (Å²) >= 11 is 6.34. The van der Waals surface area contributed by atoms with Crippen LogP contribution in [0.15, 0.2) is 30.3 Å². The van der Waals surface area contributed by atoms with Crippen LogP contribution in [0.25, 0.3) is 0 Å². The largest absolute Gasteiger partial charge is 0.347 e. The van der Waals surface area contributed by atoms with Crippen molar-refractivity contribution in [1.29, 1.82) is 0 Å². The Balaban J connectivity index is 2.27. The number of nitrogens with zero attached hydrogens (tertiary/aromatic N) is 2. The Labute approximate surface area is 130 Å². The fourth-order valence-electron chi connectivity index (χ4n) is 2.08. The molecule has 5 heteroatoms. The molecule has 1 aromatic carbocycles. The monoisotopic (exact) mass is 305 g/mol. The van der Waals surface area contributed by atoms with Gasteiger partial charge in [0.15, 0.2) is 0 Å². The second-order valence-corrected chi connectivity index (χ2v) is 6.46. The second kappa shape index (κ2) is 5.90. The zero-order chi connectivity index (χ0) is 15.6. The molecule has 1 N–H and O–H groups in total. The van der Waals surface area contributed by atoms with E-state index in [1.165, 1.54) is 0 Å². The summed E-state index contributed by atoms with van der Waals surface area (Å²) in [6.07, 6.45) is 0. The van der Waals surface area contributed by atoms with Gasteiger partial charge in [-0.25, -0.2) is 4.68 Å². The zero-order valence-corrected chi connectivity index (χ0v) is 13.5. The van der Waals surface area contributed by atoms with Crippen molar-refractivity contribution in [3.8, 4) is 0 Å². The summed E-state index contributed by atoms with van der Waals surface area (Å²) in [7, 11) is 0. The Morgan fingerprint density at radius 1 is 1.29 bits per heavy atom. The van der Waals surface area contributed by atoms with Crippen LogP contribution in [-0.2, 0) is 6.54 Å². The van der Waals surface area contributed by atoms with Gasteiger partial charge in [-0.1, -0.05) is 41.9 Å². The highest BCUT2D eigenvalue weighted by Gasteiger charge is 2.23. The first-order valence-electron chi connectivity index (χ1n) is 6.87. The van der Waals surface area contributed by atoms with Gasteiger partial charge in [0.05, 0.1) is 17.8 Å². The van der Waals surface area contributed by atoms with E-state index < -0.39 is 0 Å². The molecule has 112 valence electrons. The van der Waals surface area contributed by atoms with Crippen molar-refractivity contribution in [3.05, 3.63) is 52.3 Å². The molecule has 0 aliphatic rings. The van der Waals surface area contributed by atoms with Crippen LogP contribution in [0.5, 0.6) is 0 Å². The summed E-state index contributed by atoms with van der Waals surface area (Å²) in [5.74, 6) is -0.190. The third-order valence-corrected chi connectivity index (χ3v) is 3.34. The summed E-state index contributed by atoms with van der Waals surface area (Å²) in [4.78, 5) is 12.3. The van der Waals surface area contributed by atoms with Gasteiger partial charge < -0.3 is 5.32 Å². The second-order valence-electron chi connectivity index (χ2n) is 6.10. The van der Waals surface area contributed by atoms with Crippen LogP contribution in [-0.4, -0.2) is 21.2 Å². The predicted octanol–water partition coefficient (Wildman–Crippen LogP) is 3.42. The number of carbonyl (C=O) groups is 1. The van der Waals surface area contributed by atoms with Crippen molar-refractivity contribution in [3.63, 3.8) is 0 Å².